The minimum atomic E-state index is -0.0784. The number of terminal acetylenes is 1. The van der Waals surface area contributed by atoms with Crippen LogP contribution in [-0.2, 0) is 6.42 Å². The molecule has 1 rings (SSSR count). The number of hydrazine groups is 1. The fourth-order valence-corrected chi connectivity index (χ4v) is 1.13. The van der Waals surface area contributed by atoms with Gasteiger partial charge in [0.1, 0.15) is 11.5 Å². The summed E-state index contributed by atoms with van der Waals surface area (Å²) in [5.74, 6) is 9.63. The maximum atomic E-state index is 5.50. The zero-order chi connectivity index (χ0) is 9.68. The summed E-state index contributed by atoms with van der Waals surface area (Å²) in [5.41, 5.74) is 2.62. The van der Waals surface area contributed by atoms with Gasteiger partial charge in [-0.3, -0.25) is 5.84 Å². The maximum absolute atomic E-state index is 5.50. The molecule has 0 spiro atoms. The number of furan rings is 1. The monoisotopic (exact) mass is 178 g/mol. The molecule has 0 saturated heterocycles. The number of nitrogens with one attached hydrogen (secondary N) is 1. The first-order valence-corrected chi connectivity index (χ1v) is 4.30. The molecule has 0 bridgehead atoms. The van der Waals surface area contributed by atoms with E-state index in [1.165, 1.54) is 0 Å². The Kier molecular flexibility index (Phi) is 3.56. The van der Waals surface area contributed by atoms with Crippen LogP contribution in [0.4, 0.5) is 0 Å². The van der Waals surface area contributed by atoms with Gasteiger partial charge in [0.25, 0.3) is 0 Å². The van der Waals surface area contributed by atoms with Gasteiger partial charge in [0.05, 0.1) is 6.04 Å². The number of aryl methyl sites for hydroxylation is 1. The van der Waals surface area contributed by atoms with Gasteiger partial charge in [-0.05, 0) is 12.1 Å². The average molecular weight is 178 g/mol. The lowest BCUT2D eigenvalue weighted by Gasteiger charge is -2.08. The molecule has 0 aliphatic carbocycles. The van der Waals surface area contributed by atoms with Gasteiger partial charge in [-0.25, -0.2) is 5.43 Å². The van der Waals surface area contributed by atoms with Crippen molar-refractivity contribution in [2.24, 2.45) is 5.84 Å². The standard InChI is InChI=1S/C10H14N2O/c1-3-5-9(12-11)10-7-6-8(4-2)13-10/h1,6-7,9,12H,4-5,11H2,2H3. The first-order chi connectivity index (χ1) is 6.31. The van der Waals surface area contributed by atoms with Crippen molar-refractivity contribution in [2.75, 3.05) is 0 Å². The van der Waals surface area contributed by atoms with E-state index in [-0.39, 0.29) is 6.04 Å². The van der Waals surface area contributed by atoms with E-state index in [9.17, 15) is 0 Å². The van der Waals surface area contributed by atoms with E-state index in [1.54, 1.807) is 0 Å². The molecule has 3 heteroatoms. The van der Waals surface area contributed by atoms with Crippen LogP contribution in [0.3, 0.4) is 0 Å². The summed E-state index contributed by atoms with van der Waals surface area (Å²) in [5, 5.41) is 0. The Bertz CT molecular complexity index is 298. The van der Waals surface area contributed by atoms with Crippen molar-refractivity contribution in [3.05, 3.63) is 23.7 Å². The van der Waals surface area contributed by atoms with Crippen molar-refractivity contribution in [2.45, 2.75) is 25.8 Å². The highest BCUT2D eigenvalue weighted by Gasteiger charge is 2.11. The van der Waals surface area contributed by atoms with Crippen LogP contribution >= 0.6 is 0 Å². The number of hydrogen-bond donors (Lipinski definition) is 2. The summed E-state index contributed by atoms with van der Waals surface area (Å²) in [4.78, 5) is 0. The van der Waals surface area contributed by atoms with Crippen LogP contribution in [0.25, 0.3) is 0 Å². The molecule has 0 aliphatic rings. The van der Waals surface area contributed by atoms with Crippen molar-refractivity contribution >= 4 is 0 Å². The molecule has 0 fully saturated rings. The van der Waals surface area contributed by atoms with Crippen molar-refractivity contribution in [3.8, 4) is 12.3 Å². The lowest BCUT2D eigenvalue weighted by atomic mass is 10.2. The SMILES string of the molecule is C#CCC(NN)c1ccc(CC)o1. The summed E-state index contributed by atoms with van der Waals surface area (Å²) >= 11 is 0. The molecule has 0 amide bonds. The van der Waals surface area contributed by atoms with Crippen LogP contribution in [0.15, 0.2) is 16.5 Å². The largest absolute Gasteiger partial charge is 0.464 e. The van der Waals surface area contributed by atoms with Crippen LogP contribution in [0.5, 0.6) is 0 Å². The van der Waals surface area contributed by atoms with Crippen molar-refractivity contribution in [3.63, 3.8) is 0 Å². The highest BCUT2D eigenvalue weighted by atomic mass is 16.3. The predicted octanol–water partition coefficient (Wildman–Crippen LogP) is 1.37. The summed E-state index contributed by atoms with van der Waals surface area (Å²) in [6, 6.07) is 3.77. The average Bonchev–Trinajstić information content (AvgIpc) is 2.62. The van der Waals surface area contributed by atoms with E-state index in [2.05, 4.69) is 11.3 Å². The minimum Gasteiger partial charge on any atom is -0.464 e. The zero-order valence-corrected chi connectivity index (χ0v) is 7.71. The van der Waals surface area contributed by atoms with Crippen LogP contribution < -0.4 is 11.3 Å². The highest BCUT2D eigenvalue weighted by Crippen LogP contribution is 2.18. The van der Waals surface area contributed by atoms with Gasteiger partial charge < -0.3 is 4.42 Å². The van der Waals surface area contributed by atoms with Crippen molar-refractivity contribution < 1.29 is 4.42 Å². The predicted molar refractivity (Wildman–Crippen MR) is 51.6 cm³/mol. The van der Waals surface area contributed by atoms with Crippen LogP contribution in [-0.4, -0.2) is 0 Å². The van der Waals surface area contributed by atoms with Crippen molar-refractivity contribution in [1.29, 1.82) is 0 Å². The second-order valence-electron chi connectivity index (χ2n) is 2.79. The number of hydrogen-bond acceptors (Lipinski definition) is 3. The van der Waals surface area contributed by atoms with E-state index in [0.29, 0.717) is 6.42 Å². The van der Waals surface area contributed by atoms with Crippen LogP contribution in [0, 0.1) is 12.3 Å². The van der Waals surface area contributed by atoms with Gasteiger partial charge in [0.2, 0.25) is 0 Å². The van der Waals surface area contributed by atoms with Gasteiger partial charge in [0, 0.05) is 12.8 Å². The number of rotatable bonds is 4. The number of nitrogens with two attached hydrogens (primary N) is 1. The zero-order valence-electron chi connectivity index (χ0n) is 7.71. The third-order valence-electron chi connectivity index (χ3n) is 1.90. The third kappa shape index (κ3) is 2.35. The lowest BCUT2D eigenvalue weighted by molar-refractivity contribution is 0.401. The second kappa shape index (κ2) is 4.70. The molecule has 3 N–H and O–H groups in total. The fraction of sp³-hybridized carbons (Fsp3) is 0.400. The van der Waals surface area contributed by atoms with Gasteiger partial charge >= 0.3 is 0 Å². The molecular weight excluding hydrogens is 164 g/mol. The topological polar surface area (TPSA) is 51.2 Å². The van der Waals surface area contributed by atoms with E-state index in [1.807, 2.05) is 19.1 Å². The Morgan fingerprint density at radius 1 is 1.69 bits per heavy atom. The van der Waals surface area contributed by atoms with E-state index < -0.39 is 0 Å². The molecule has 0 saturated carbocycles. The highest BCUT2D eigenvalue weighted by molar-refractivity contribution is 5.12. The lowest BCUT2D eigenvalue weighted by Crippen LogP contribution is -2.27. The first-order valence-electron chi connectivity index (χ1n) is 4.30. The quantitative estimate of drug-likeness (QED) is 0.416. The smallest absolute Gasteiger partial charge is 0.123 e. The van der Waals surface area contributed by atoms with Crippen LogP contribution in [0.1, 0.15) is 30.9 Å². The fourth-order valence-electron chi connectivity index (χ4n) is 1.13. The van der Waals surface area contributed by atoms with E-state index >= 15 is 0 Å². The molecule has 1 aromatic heterocycles. The van der Waals surface area contributed by atoms with E-state index in [4.69, 9.17) is 16.7 Å². The summed E-state index contributed by atoms with van der Waals surface area (Å²) in [7, 11) is 0. The van der Waals surface area contributed by atoms with Gasteiger partial charge in [0.15, 0.2) is 0 Å². The molecular formula is C10H14N2O. The summed E-state index contributed by atoms with van der Waals surface area (Å²) in [6.07, 6.45) is 6.61. The van der Waals surface area contributed by atoms with Gasteiger partial charge in [-0.15, -0.1) is 12.3 Å². The molecule has 70 valence electrons. The summed E-state index contributed by atoms with van der Waals surface area (Å²) in [6.45, 7) is 2.04. The second-order valence-corrected chi connectivity index (χ2v) is 2.79. The normalized spacial score (nSPS) is 12.4. The molecule has 1 aromatic rings. The van der Waals surface area contributed by atoms with Gasteiger partial charge in [-0.1, -0.05) is 6.92 Å². The summed E-state index contributed by atoms with van der Waals surface area (Å²) < 4.78 is 5.50. The Morgan fingerprint density at radius 3 is 2.92 bits per heavy atom. The Labute approximate surface area is 78.3 Å². The Hall–Kier alpha value is -1.24. The van der Waals surface area contributed by atoms with Crippen LogP contribution in [0.2, 0.25) is 0 Å². The molecule has 0 radical (unpaired) electrons. The molecule has 1 heterocycles. The maximum Gasteiger partial charge on any atom is 0.123 e. The third-order valence-corrected chi connectivity index (χ3v) is 1.90. The molecule has 0 aromatic carbocycles. The molecule has 13 heavy (non-hydrogen) atoms. The Morgan fingerprint density at radius 2 is 2.46 bits per heavy atom. The van der Waals surface area contributed by atoms with Gasteiger partial charge in [-0.2, -0.15) is 0 Å². The molecule has 1 unspecified atom stereocenters. The van der Waals surface area contributed by atoms with E-state index in [0.717, 1.165) is 17.9 Å². The molecule has 3 nitrogen and oxygen atoms in total. The molecule has 0 aliphatic heterocycles. The Balaban J connectivity index is 2.74. The first kappa shape index (κ1) is 9.85. The van der Waals surface area contributed by atoms with Crippen molar-refractivity contribution in [1.82, 2.24) is 5.43 Å². The minimum absolute atomic E-state index is 0.0784. The molecule has 1 atom stereocenters.